The van der Waals surface area contributed by atoms with E-state index >= 15 is 0 Å². The Morgan fingerprint density at radius 3 is 2.67 bits per heavy atom. The molecule has 140 valence electrons. The summed E-state index contributed by atoms with van der Waals surface area (Å²) in [6.45, 7) is 2.78. The summed E-state index contributed by atoms with van der Waals surface area (Å²) in [7, 11) is 0. The van der Waals surface area contributed by atoms with Gasteiger partial charge in [-0.2, -0.15) is 0 Å². The second-order valence-electron chi connectivity index (χ2n) is 6.12. The first-order valence-electron chi connectivity index (χ1n) is 8.62. The van der Waals surface area contributed by atoms with Gasteiger partial charge in [-0.15, -0.1) is 10.2 Å². The van der Waals surface area contributed by atoms with Gasteiger partial charge in [0, 0.05) is 23.3 Å². The number of rotatable bonds is 5. The van der Waals surface area contributed by atoms with E-state index in [1.54, 1.807) is 17.8 Å². The van der Waals surface area contributed by atoms with Crippen molar-refractivity contribution in [1.82, 2.24) is 14.8 Å². The Balaban J connectivity index is 1.67. The fourth-order valence-corrected chi connectivity index (χ4v) is 4.28. The van der Waals surface area contributed by atoms with E-state index in [4.69, 9.17) is 4.74 Å². The minimum absolute atomic E-state index is 0.280. The molecule has 27 heavy (non-hydrogen) atoms. The molecule has 0 radical (unpaired) electrons. The lowest BCUT2D eigenvalue weighted by Crippen LogP contribution is -2.37. The Labute approximate surface area is 169 Å². The van der Waals surface area contributed by atoms with Crippen LogP contribution < -0.4 is 4.90 Å². The zero-order chi connectivity index (χ0) is 18.6. The van der Waals surface area contributed by atoms with E-state index in [0.717, 1.165) is 40.1 Å². The van der Waals surface area contributed by atoms with E-state index in [1.807, 2.05) is 22.8 Å². The summed E-state index contributed by atoms with van der Waals surface area (Å²) >= 11 is 5.08. The Morgan fingerprint density at radius 1 is 1.07 bits per heavy atom. The average molecular weight is 449 g/mol. The van der Waals surface area contributed by atoms with Crippen LogP contribution in [0.15, 0.2) is 58.2 Å². The normalized spacial score (nSPS) is 14.5. The van der Waals surface area contributed by atoms with Gasteiger partial charge in [-0.25, -0.2) is 4.39 Å². The van der Waals surface area contributed by atoms with Gasteiger partial charge in [-0.05, 0) is 35.9 Å². The zero-order valence-corrected chi connectivity index (χ0v) is 16.9. The van der Waals surface area contributed by atoms with Gasteiger partial charge in [0.25, 0.3) is 0 Å². The lowest BCUT2D eigenvalue weighted by molar-refractivity contribution is 0.122. The summed E-state index contributed by atoms with van der Waals surface area (Å²) in [6.07, 6.45) is 0. The summed E-state index contributed by atoms with van der Waals surface area (Å²) in [6, 6.07) is 14.7. The quantitative estimate of drug-likeness (QED) is 0.544. The second-order valence-corrected chi connectivity index (χ2v) is 7.97. The van der Waals surface area contributed by atoms with E-state index in [1.165, 1.54) is 17.7 Å². The van der Waals surface area contributed by atoms with Crippen molar-refractivity contribution in [1.29, 1.82) is 0 Å². The first-order valence-corrected chi connectivity index (χ1v) is 10.4. The maximum absolute atomic E-state index is 13.9. The minimum Gasteiger partial charge on any atom is -0.378 e. The highest BCUT2D eigenvalue weighted by Crippen LogP contribution is 2.30. The van der Waals surface area contributed by atoms with Crippen molar-refractivity contribution in [2.24, 2.45) is 0 Å². The molecule has 2 heterocycles. The highest BCUT2D eigenvalue weighted by Gasteiger charge is 2.22. The number of thioether (sulfide) groups is 1. The largest absolute Gasteiger partial charge is 0.378 e. The van der Waals surface area contributed by atoms with Gasteiger partial charge in [0.15, 0.2) is 5.16 Å². The molecule has 0 aliphatic carbocycles. The Kier molecular flexibility index (Phi) is 5.75. The van der Waals surface area contributed by atoms with Crippen molar-refractivity contribution in [3.05, 3.63) is 64.4 Å². The number of aromatic nitrogens is 3. The van der Waals surface area contributed by atoms with Crippen molar-refractivity contribution >= 4 is 33.6 Å². The van der Waals surface area contributed by atoms with Crippen molar-refractivity contribution < 1.29 is 9.13 Å². The average Bonchev–Trinajstić information content (AvgIpc) is 3.11. The number of hydrogen-bond donors (Lipinski definition) is 0. The fraction of sp³-hybridized carbons (Fsp3) is 0.263. The van der Waals surface area contributed by atoms with Gasteiger partial charge in [0.05, 0.1) is 18.9 Å². The molecule has 0 saturated carbocycles. The maximum atomic E-state index is 13.9. The van der Waals surface area contributed by atoms with Gasteiger partial charge in [0.2, 0.25) is 5.95 Å². The van der Waals surface area contributed by atoms with Crippen molar-refractivity contribution in [3.63, 3.8) is 0 Å². The zero-order valence-electron chi connectivity index (χ0n) is 14.5. The SMILES string of the molecule is Fc1cccc(-n2c(SCc3cccc(Br)c3)nnc2N2CCOCC2)c1. The summed E-state index contributed by atoms with van der Waals surface area (Å²) in [5.74, 6) is 1.19. The number of benzene rings is 2. The molecule has 1 aromatic heterocycles. The molecule has 0 bridgehead atoms. The predicted octanol–water partition coefficient (Wildman–Crippen LogP) is 4.30. The molecule has 1 fully saturated rings. The lowest BCUT2D eigenvalue weighted by atomic mass is 10.2. The maximum Gasteiger partial charge on any atom is 0.232 e. The molecular weight excluding hydrogens is 431 g/mol. The third-order valence-corrected chi connectivity index (χ3v) is 5.73. The molecule has 3 aromatic rings. The van der Waals surface area contributed by atoms with Crippen LogP contribution in [0.3, 0.4) is 0 Å². The second kappa shape index (κ2) is 8.41. The van der Waals surface area contributed by atoms with Crippen LogP contribution in [0.4, 0.5) is 10.3 Å². The summed E-state index contributed by atoms with van der Waals surface area (Å²) in [5, 5.41) is 9.54. The molecule has 0 unspecified atom stereocenters. The molecule has 1 saturated heterocycles. The third kappa shape index (κ3) is 4.34. The molecule has 4 rings (SSSR count). The Hall–Kier alpha value is -1.90. The minimum atomic E-state index is -0.280. The number of ether oxygens (including phenoxy) is 1. The summed E-state index contributed by atoms with van der Waals surface area (Å²) in [4.78, 5) is 2.13. The third-order valence-electron chi connectivity index (χ3n) is 4.23. The van der Waals surface area contributed by atoms with Crippen molar-refractivity contribution in [2.45, 2.75) is 10.9 Å². The van der Waals surface area contributed by atoms with Crippen molar-refractivity contribution in [2.75, 3.05) is 31.2 Å². The highest BCUT2D eigenvalue weighted by molar-refractivity contribution is 9.10. The van der Waals surface area contributed by atoms with E-state index in [-0.39, 0.29) is 5.82 Å². The molecule has 5 nitrogen and oxygen atoms in total. The molecule has 0 N–H and O–H groups in total. The first-order chi connectivity index (χ1) is 13.2. The monoisotopic (exact) mass is 448 g/mol. The molecule has 0 atom stereocenters. The molecule has 1 aliphatic rings. The molecule has 0 amide bonds. The molecule has 0 spiro atoms. The summed E-state index contributed by atoms with van der Waals surface area (Å²) < 4.78 is 22.3. The van der Waals surface area contributed by atoms with Gasteiger partial charge in [0.1, 0.15) is 5.82 Å². The summed E-state index contributed by atoms with van der Waals surface area (Å²) in [5.41, 5.74) is 1.90. The van der Waals surface area contributed by atoms with Crippen LogP contribution in [0.1, 0.15) is 5.56 Å². The van der Waals surface area contributed by atoms with Gasteiger partial charge in [-0.1, -0.05) is 45.9 Å². The van der Waals surface area contributed by atoms with Crippen molar-refractivity contribution in [3.8, 4) is 5.69 Å². The van der Waals surface area contributed by atoms with E-state index < -0.39 is 0 Å². The van der Waals surface area contributed by atoms with Crippen LogP contribution in [0.2, 0.25) is 0 Å². The van der Waals surface area contributed by atoms with Gasteiger partial charge in [-0.3, -0.25) is 4.57 Å². The topological polar surface area (TPSA) is 43.2 Å². The van der Waals surface area contributed by atoms with Crippen LogP contribution >= 0.6 is 27.7 Å². The van der Waals surface area contributed by atoms with Crippen LogP contribution in [-0.4, -0.2) is 41.1 Å². The van der Waals surface area contributed by atoms with Crippen LogP contribution in [0, 0.1) is 5.82 Å². The predicted molar refractivity (Wildman–Crippen MR) is 108 cm³/mol. The number of anilines is 1. The van der Waals surface area contributed by atoms with E-state index in [0.29, 0.717) is 13.2 Å². The van der Waals surface area contributed by atoms with Gasteiger partial charge >= 0.3 is 0 Å². The lowest BCUT2D eigenvalue weighted by Gasteiger charge is -2.27. The number of halogens is 2. The van der Waals surface area contributed by atoms with Crippen LogP contribution in [0.25, 0.3) is 5.69 Å². The van der Waals surface area contributed by atoms with Crippen LogP contribution in [0.5, 0.6) is 0 Å². The number of nitrogens with zero attached hydrogens (tertiary/aromatic N) is 4. The molecule has 8 heteroatoms. The molecule has 1 aliphatic heterocycles. The standard InChI is InChI=1S/C19H18BrFN4OS/c20-15-4-1-3-14(11-15)13-27-19-23-22-18(24-7-9-26-10-8-24)25(19)17-6-2-5-16(21)12-17/h1-6,11-12H,7-10,13H2. The number of morpholine rings is 1. The fourth-order valence-electron chi connectivity index (χ4n) is 2.94. The molecular formula is C19H18BrFN4OS. The van der Waals surface area contributed by atoms with E-state index in [2.05, 4.69) is 43.2 Å². The van der Waals surface area contributed by atoms with Gasteiger partial charge < -0.3 is 9.64 Å². The number of hydrogen-bond acceptors (Lipinski definition) is 5. The Morgan fingerprint density at radius 2 is 1.89 bits per heavy atom. The van der Waals surface area contributed by atoms with Crippen LogP contribution in [-0.2, 0) is 10.5 Å². The first kappa shape index (κ1) is 18.5. The van der Waals surface area contributed by atoms with E-state index in [9.17, 15) is 4.39 Å². The molecule has 2 aromatic carbocycles. The smallest absolute Gasteiger partial charge is 0.232 e. The Bertz CT molecular complexity index is 930. The highest BCUT2D eigenvalue weighted by atomic mass is 79.9.